The Bertz CT molecular complexity index is 205. The van der Waals surface area contributed by atoms with Gasteiger partial charge in [0, 0.05) is 12.8 Å². The van der Waals surface area contributed by atoms with E-state index in [1.165, 1.54) is 12.8 Å². The molecule has 1 aliphatic rings. The van der Waals surface area contributed by atoms with Crippen LogP contribution in [-0.2, 0) is 4.79 Å². The molecule has 1 nitrogen and oxygen atoms in total. The van der Waals surface area contributed by atoms with E-state index in [0.717, 1.165) is 25.2 Å². The largest absolute Gasteiger partial charge is 0.300 e. The van der Waals surface area contributed by atoms with Crippen molar-refractivity contribution in [2.24, 2.45) is 17.3 Å². The van der Waals surface area contributed by atoms with Crippen molar-refractivity contribution in [3.63, 3.8) is 0 Å². The van der Waals surface area contributed by atoms with Crippen LogP contribution in [-0.4, -0.2) is 5.78 Å². The average molecular weight is 196 g/mol. The Labute approximate surface area is 88.3 Å². The van der Waals surface area contributed by atoms with Gasteiger partial charge in [0.2, 0.25) is 0 Å². The molecule has 2 atom stereocenters. The van der Waals surface area contributed by atoms with Crippen molar-refractivity contribution in [3.8, 4) is 0 Å². The minimum atomic E-state index is 0.349. The molecule has 0 N–H and O–H groups in total. The van der Waals surface area contributed by atoms with Crippen LogP contribution < -0.4 is 0 Å². The lowest BCUT2D eigenvalue weighted by Crippen LogP contribution is -2.29. The third kappa shape index (κ3) is 2.37. The standard InChI is InChI=1S/C13H24O/c1-5-6-10(2)13(3,4)11-7-8-12(14)9-11/h10-11H,5-9H2,1-4H3. The van der Waals surface area contributed by atoms with Gasteiger partial charge in [-0.3, -0.25) is 4.79 Å². The van der Waals surface area contributed by atoms with Crippen LogP contribution in [0, 0.1) is 17.3 Å². The van der Waals surface area contributed by atoms with Crippen LogP contribution in [0.3, 0.4) is 0 Å². The van der Waals surface area contributed by atoms with Gasteiger partial charge in [-0.15, -0.1) is 0 Å². The second-order valence-corrected chi connectivity index (χ2v) is 5.49. The summed E-state index contributed by atoms with van der Waals surface area (Å²) in [5.41, 5.74) is 0.349. The smallest absolute Gasteiger partial charge is 0.133 e. The van der Waals surface area contributed by atoms with Crippen LogP contribution in [0.25, 0.3) is 0 Å². The topological polar surface area (TPSA) is 17.1 Å². The van der Waals surface area contributed by atoms with Gasteiger partial charge >= 0.3 is 0 Å². The van der Waals surface area contributed by atoms with E-state index < -0.39 is 0 Å². The van der Waals surface area contributed by atoms with Crippen molar-refractivity contribution in [1.82, 2.24) is 0 Å². The van der Waals surface area contributed by atoms with Crippen LogP contribution in [0.4, 0.5) is 0 Å². The zero-order valence-electron chi connectivity index (χ0n) is 10.1. The molecule has 1 saturated carbocycles. The summed E-state index contributed by atoms with van der Waals surface area (Å²) in [7, 11) is 0. The summed E-state index contributed by atoms with van der Waals surface area (Å²) < 4.78 is 0. The van der Waals surface area contributed by atoms with E-state index in [0.29, 0.717) is 17.1 Å². The SMILES string of the molecule is CCCC(C)C(C)(C)C1CCC(=O)C1. The molecule has 0 aliphatic heterocycles. The molecule has 1 rings (SSSR count). The average Bonchev–Trinajstić information content (AvgIpc) is 2.52. The van der Waals surface area contributed by atoms with Gasteiger partial charge in [0.05, 0.1) is 0 Å². The molecule has 0 aromatic carbocycles. The minimum Gasteiger partial charge on any atom is -0.300 e. The molecule has 0 radical (unpaired) electrons. The number of carbonyl (C=O) groups excluding carboxylic acids is 1. The van der Waals surface area contributed by atoms with Crippen molar-refractivity contribution in [1.29, 1.82) is 0 Å². The fourth-order valence-corrected chi connectivity index (χ4v) is 2.66. The highest BCUT2D eigenvalue weighted by Gasteiger charge is 2.38. The summed E-state index contributed by atoms with van der Waals surface area (Å²) in [5, 5.41) is 0. The molecule has 0 heterocycles. The lowest BCUT2D eigenvalue weighted by molar-refractivity contribution is -0.118. The summed E-state index contributed by atoms with van der Waals surface area (Å²) in [5.74, 6) is 1.85. The summed E-state index contributed by atoms with van der Waals surface area (Å²) in [6.45, 7) is 9.27. The van der Waals surface area contributed by atoms with Gasteiger partial charge in [0.15, 0.2) is 0 Å². The molecular formula is C13H24O. The molecule has 14 heavy (non-hydrogen) atoms. The van der Waals surface area contributed by atoms with Gasteiger partial charge in [0.1, 0.15) is 5.78 Å². The van der Waals surface area contributed by atoms with Gasteiger partial charge in [-0.05, 0) is 23.7 Å². The van der Waals surface area contributed by atoms with Gasteiger partial charge < -0.3 is 0 Å². The van der Waals surface area contributed by atoms with Gasteiger partial charge in [0.25, 0.3) is 0 Å². The third-order valence-corrected chi connectivity index (χ3v) is 4.29. The van der Waals surface area contributed by atoms with Crippen molar-refractivity contribution in [3.05, 3.63) is 0 Å². The van der Waals surface area contributed by atoms with E-state index in [-0.39, 0.29) is 0 Å². The van der Waals surface area contributed by atoms with Crippen LogP contribution >= 0.6 is 0 Å². The van der Waals surface area contributed by atoms with Crippen molar-refractivity contribution in [2.75, 3.05) is 0 Å². The van der Waals surface area contributed by atoms with Gasteiger partial charge in [-0.2, -0.15) is 0 Å². The lowest BCUT2D eigenvalue weighted by Gasteiger charge is -2.37. The number of hydrogen-bond acceptors (Lipinski definition) is 1. The first-order valence-electron chi connectivity index (χ1n) is 6.00. The number of hydrogen-bond donors (Lipinski definition) is 0. The Morgan fingerprint density at radius 2 is 2.14 bits per heavy atom. The maximum absolute atomic E-state index is 11.3. The first-order valence-corrected chi connectivity index (χ1v) is 6.00. The zero-order chi connectivity index (χ0) is 10.8. The molecule has 0 aromatic rings. The molecule has 1 heteroatoms. The molecule has 82 valence electrons. The first-order chi connectivity index (χ1) is 6.48. The molecule has 1 aliphatic carbocycles. The maximum Gasteiger partial charge on any atom is 0.133 e. The number of carbonyl (C=O) groups is 1. The molecule has 0 bridgehead atoms. The van der Waals surface area contributed by atoms with E-state index in [2.05, 4.69) is 27.7 Å². The van der Waals surface area contributed by atoms with Crippen molar-refractivity contribution < 1.29 is 4.79 Å². The van der Waals surface area contributed by atoms with Crippen LogP contribution in [0.2, 0.25) is 0 Å². The van der Waals surface area contributed by atoms with Gasteiger partial charge in [-0.1, -0.05) is 40.5 Å². The van der Waals surface area contributed by atoms with Crippen molar-refractivity contribution >= 4 is 5.78 Å². The molecule has 2 unspecified atom stereocenters. The highest BCUT2D eigenvalue weighted by molar-refractivity contribution is 5.80. The van der Waals surface area contributed by atoms with Crippen LogP contribution in [0.15, 0.2) is 0 Å². The van der Waals surface area contributed by atoms with E-state index in [4.69, 9.17) is 0 Å². The second-order valence-electron chi connectivity index (χ2n) is 5.49. The lowest BCUT2D eigenvalue weighted by atomic mass is 9.68. The highest BCUT2D eigenvalue weighted by Crippen LogP contribution is 2.44. The quantitative estimate of drug-likeness (QED) is 0.668. The second kappa shape index (κ2) is 4.46. The Morgan fingerprint density at radius 1 is 1.50 bits per heavy atom. The minimum absolute atomic E-state index is 0.349. The van der Waals surface area contributed by atoms with E-state index in [1.807, 2.05) is 0 Å². The molecule has 0 amide bonds. The number of ketones is 1. The van der Waals surface area contributed by atoms with E-state index in [1.54, 1.807) is 0 Å². The maximum atomic E-state index is 11.3. The number of Topliss-reactive ketones (excluding diaryl/α,β-unsaturated/α-hetero) is 1. The first kappa shape index (κ1) is 11.7. The molecule has 0 saturated heterocycles. The fraction of sp³-hybridized carbons (Fsp3) is 0.923. The number of rotatable bonds is 4. The van der Waals surface area contributed by atoms with E-state index >= 15 is 0 Å². The zero-order valence-corrected chi connectivity index (χ0v) is 10.1. The monoisotopic (exact) mass is 196 g/mol. The molecule has 1 fully saturated rings. The molecule has 0 aromatic heterocycles. The van der Waals surface area contributed by atoms with E-state index in [9.17, 15) is 4.79 Å². The summed E-state index contributed by atoms with van der Waals surface area (Å²) in [6, 6.07) is 0. The fourth-order valence-electron chi connectivity index (χ4n) is 2.66. The third-order valence-electron chi connectivity index (χ3n) is 4.29. The van der Waals surface area contributed by atoms with Gasteiger partial charge in [-0.25, -0.2) is 0 Å². The normalized spacial score (nSPS) is 25.4. The van der Waals surface area contributed by atoms with Crippen LogP contribution in [0.5, 0.6) is 0 Å². The molecule has 0 spiro atoms. The summed E-state index contributed by atoms with van der Waals surface area (Å²) in [4.78, 5) is 11.3. The Hall–Kier alpha value is -0.330. The predicted octanol–water partition coefficient (Wildman–Crippen LogP) is 3.82. The Morgan fingerprint density at radius 3 is 2.57 bits per heavy atom. The van der Waals surface area contributed by atoms with Crippen molar-refractivity contribution in [2.45, 2.75) is 59.8 Å². The Balaban J connectivity index is 2.59. The summed E-state index contributed by atoms with van der Waals surface area (Å²) >= 11 is 0. The summed E-state index contributed by atoms with van der Waals surface area (Å²) in [6.07, 6.45) is 5.33. The predicted molar refractivity (Wildman–Crippen MR) is 60.2 cm³/mol. The molecular weight excluding hydrogens is 172 g/mol. The van der Waals surface area contributed by atoms with Crippen LogP contribution in [0.1, 0.15) is 59.8 Å². The Kier molecular flexibility index (Phi) is 3.74. The highest BCUT2D eigenvalue weighted by atomic mass is 16.1.